The molecule has 3 N–H and O–H groups in total. The number of anilines is 3. The third-order valence-electron chi connectivity index (χ3n) is 5.45. The van der Waals surface area contributed by atoms with Gasteiger partial charge in [0.1, 0.15) is 0 Å². The van der Waals surface area contributed by atoms with Crippen molar-refractivity contribution in [3.05, 3.63) is 70.5 Å². The van der Waals surface area contributed by atoms with Gasteiger partial charge in [-0.05, 0) is 67.1 Å². The van der Waals surface area contributed by atoms with Crippen LogP contribution in [0.1, 0.15) is 46.7 Å². The number of nitriles is 1. The molecule has 0 radical (unpaired) electrons. The van der Waals surface area contributed by atoms with E-state index in [-0.39, 0.29) is 6.04 Å². The molecule has 1 aliphatic rings. The van der Waals surface area contributed by atoms with Crippen LogP contribution in [0.5, 0.6) is 0 Å². The van der Waals surface area contributed by atoms with Gasteiger partial charge in [0, 0.05) is 36.4 Å². The number of hydrogen-bond acceptors (Lipinski definition) is 5. The lowest BCUT2D eigenvalue weighted by Gasteiger charge is -2.28. The highest BCUT2D eigenvalue weighted by molar-refractivity contribution is 5.88. The van der Waals surface area contributed by atoms with E-state index in [0.29, 0.717) is 0 Å². The van der Waals surface area contributed by atoms with E-state index in [0.717, 1.165) is 53.0 Å². The number of nitrogens with one attached hydrogen (secondary N) is 3. The number of benzene rings is 2. The fourth-order valence-electron chi connectivity index (χ4n) is 3.96. The fraction of sp³-hybridized carbons (Fsp3) is 0.261. The Kier molecular flexibility index (Phi) is 5.05. The minimum atomic E-state index is 0.210. The molecular formula is C23H24N6. The van der Waals surface area contributed by atoms with E-state index in [2.05, 4.69) is 27.9 Å². The summed E-state index contributed by atoms with van der Waals surface area (Å²) in [6.45, 7) is 2.00. The average molecular weight is 384 g/mol. The molecule has 29 heavy (non-hydrogen) atoms. The molecular weight excluding hydrogens is 360 g/mol. The van der Waals surface area contributed by atoms with Crippen LogP contribution in [0.2, 0.25) is 0 Å². The molecule has 0 fully saturated rings. The molecule has 4 rings (SSSR count). The van der Waals surface area contributed by atoms with Gasteiger partial charge >= 0.3 is 0 Å². The molecule has 3 aromatic rings. The van der Waals surface area contributed by atoms with Gasteiger partial charge in [0.2, 0.25) is 0 Å². The zero-order chi connectivity index (χ0) is 20.4. The summed E-state index contributed by atoms with van der Waals surface area (Å²) < 4.78 is 1.74. The Bertz CT molecular complexity index is 1110. The largest absolute Gasteiger partial charge is 0.378 e. The lowest BCUT2D eigenvalue weighted by Crippen LogP contribution is -2.18. The Hall–Kier alpha value is -3.59. The van der Waals surface area contributed by atoms with Crippen molar-refractivity contribution in [2.45, 2.75) is 32.2 Å². The van der Waals surface area contributed by atoms with Gasteiger partial charge in [-0.3, -0.25) is 4.68 Å². The van der Waals surface area contributed by atoms with Crippen LogP contribution in [0.4, 0.5) is 17.1 Å². The monoisotopic (exact) mass is 384 g/mol. The van der Waals surface area contributed by atoms with Crippen molar-refractivity contribution in [3.63, 3.8) is 0 Å². The lowest BCUT2D eigenvalue weighted by atomic mass is 9.85. The van der Waals surface area contributed by atoms with Gasteiger partial charge in [-0.15, -0.1) is 0 Å². The van der Waals surface area contributed by atoms with E-state index >= 15 is 0 Å². The molecule has 0 bridgehead atoms. The second kappa shape index (κ2) is 7.80. The predicted octanol–water partition coefficient (Wildman–Crippen LogP) is 4.83. The molecule has 0 aliphatic heterocycles. The van der Waals surface area contributed by atoms with E-state index in [1.165, 1.54) is 17.3 Å². The number of nitrogens with zero attached hydrogens (tertiary/aromatic N) is 3. The third-order valence-corrected chi connectivity index (χ3v) is 5.45. The van der Waals surface area contributed by atoms with Gasteiger partial charge < -0.3 is 16.0 Å². The van der Waals surface area contributed by atoms with Crippen LogP contribution in [0.3, 0.4) is 0 Å². The molecule has 6 nitrogen and oxygen atoms in total. The van der Waals surface area contributed by atoms with Crippen molar-refractivity contribution in [1.82, 2.24) is 9.78 Å². The van der Waals surface area contributed by atoms with Crippen molar-refractivity contribution in [2.24, 2.45) is 7.05 Å². The zero-order valence-electron chi connectivity index (χ0n) is 16.7. The summed E-state index contributed by atoms with van der Waals surface area (Å²) in [6.07, 6.45) is 8.18. The van der Waals surface area contributed by atoms with Gasteiger partial charge in [-0.2, -0.15) is 10.4 Å². The summed E-state index contributed by atoms with van der Waals surface area (Å²) in [4.78, 5) is 0. The molecule has 1 atom stereocenters. The Balaban J connectivity index is 1.62. The molecule has 1 aromatic heterocycles. The van der Waals surface area contributed by atoms with Crippen LogP contribution in [0, 0.1) is 23.7 Å². The number of fused-ring (bicyclic) bond motifs is 1. The number of aryl methyl sites for hydroxylation is 3. The Morgan fingerprint density at radius 2 is 2.14 bits per heavy atom. The molecule has 0 saturated heterocycles. The molecule has 0 unspecified atom stereocenters. The first-order valence-corrected chi connectivity index (χ1v) is 9.77. The van der Waals surface area contributed by atoms with Crippen molar-refractivity contribution < 1.29 is 0 Å². The molecule has 0 amide bonds. The van der Waals surface area contributed by atoms with Crippen molar-refractivity contribution in [2.75, 3.05) is 10.6 Å². The first-order valence-electron chi connectivity index (χ1n) is 9.77. The molecule has 1 aliphatic carbocycles. The maximum atomic E-state index is 9.33. The van der Waals surface area contributed by atoms with Crippen LogP contribution >= 0.6 is 0 Å². The quantitative estimate of drug-likeness (QED) is 0.550. The van der Waals surface area contributed by atoms with Gasteiger partial charge in [-0.25, -0.2) is 0 Å². The second-order valence-electron chi connectivity index (χ2n) is 7.54. The molecule has 0 spiro atoms. The SMILES string of the molecule is Cc1cc2c(cc1C#N)CCC[C@@H]2Nc1ccc(C=N)c(Nc2cnn(C)c2)c1. The van der Waals surface area contributed by atoms with Crippen LogP contribution in [0.15, 0.2) is 42.7 Å². The topological polar surface area (TPSA) is 89.5 Å². The summed E-state index contributed by atoms with van der Waals surface area (Å²) >= 11 is 0. The normalized spacial score (nSPS) is 15.3. The summed E-state index contributed by atoms with van der Waals surface area (Å²) in [5.74, 6) is 0. The molecule has 0 saturated carbocycles. The van der Waals surface area contributed by atoms with Crippen molar-refractivity contribution in [1.29, 1.82) is 10.7 Å². The summed E-state index contributed by atoms with van der Waals surface area (Å²) in [5.41, 5.74) is 7.91. The van der Waals surface area contributed by atoms with Gasteiger partial charge in [-0.1, -0.05) is 6.07 Å². The fourth-order valence-corrected chi connectivity index (χ4v) is 3.96. The summed E-state index contributed by atoms with van der Waals surface area (Å²) in [6, 6.07) is 12.7. The Labute approximate surface area is 170 Å². The Morgan fingerprint density at radius 1 is 1.28 bits per heavy atom. The smallest absolute Gasteiger partial charge is 0.0994 e. The third kappa shape index (κ3) is 3.85. The first-order chi connectivity index (χ1) is 14.1. The van der Waals surface area contributed by atoms with Gasteiger partial charge in [0.15, 0.2) is 0 Å². The van der Waals surface area contributed by atoms with Crippen molar-refractivity contribution in [3.8, 4) is 6.07 Å². The summed E-state index contributed by atoms with van der Waals surface area (Å²) in [7, 11) is 1.88. The molecule has 2 aromatic carbocycles. The van der Waals surface area contributed by atoms with E-state index in [9.17, 15) is 5.26 Å². The number of hydrogen-bond donors (Lipinski definition) is 3. The average Bonchev–Trinajstić information content (AvgIpc) is 3.13. The maximum absolute atomic E-state index is 9.33. The van der Waals surface area contributed by atoms with Crippen LogP contribution in [0.25, 0.3) is 0 Å². The highest BCUT2D eigenvalue weighted by atomic mass is 15.3. The minimum absolute atomic E-state index is 0.210. The second-order valence-corrected chi connectivity index (χ2v) is 7.54. The van der Waals surface area contributed by atoms with Crippen molar-refractivity contribution >= 4 is 23.3 Å². The predicted molar refractivity (Wildman–Crippen MR) is 116 cm³/mol. The van der Waals surface area contributed by atoms with E-state index in [1.54, 1.807) is 10.9 Å². The molecule has 6 heteroatoms. The maximum Gasteiger partial charge on any atom is 0.0994 e. The van der Waals surface area contributed by atoms with Crippen LogP contribution in [-0.4, -0.2) is 16.0 Å². The van der Waals surface area contributed by atoms with E-state index < -0.39 is 0 Å². The molecule has 1 heterocycles. The van der Waals surface area contributed by atoms with E-state index in [4.69, 9.17) is 5.41 Å². The minimum Gasteiger partial charge on any atom is -0.378 e. The first kappa shape index (κ1) is 18.8. The Morgan fingerprint density at radius 3 is 2.86 bits per heavy atom. The lowest BCUT2D eigenvalue weighted by molar-refractivity contribution is 0.599. The zero-order valence-corrected chi connectivity index (χ0v) is 16.7. The highest BCUT2D eigenvalue weighted by Gasteiger charge is 2.21. The van der Waals surface area contributed by atoms with Crippen LogP contribution in [-0.2, 0) is 13.5 Å². The summed E-state index contributed by atoms with van der Waals surface area (Å²) in [5, 5.41) is 28.2. The molecule has 146 valence electrons. The standard InChI is InChI=1S/C23H24N6/c1-15-8-21-16(9-18(15)12-25)4-3-5-22(21)27-19-7-6-17(11-24)23(10-19)28-20-13-26-29(2)14-20/h6-11,13-14,22,24,27-28H,3-5H2,1-2H3/t22-/m0/s1. The van der Waals surface area contributed by atoms with Gasteiger partial charge in [0.25, 0.3) is 0 Å². The van der Waals surface area contributed by atoms with Gasteiger partial charge in [0.05, 0.1) is 29.6 Å². The van der Waals surface area contributed by atoms with E-state index in [1.807, 2.05) is 44.4 Å². The van der Waals surface area contributed by atoms with Crippen LogP contribution < -0.4 is 10.6 Å². The number of rotatable bonds is 5. The highest BCUT2D eigenvalue weighted by Crippen LogP contribution is 2.35. The number of aromatic nitrogens is 2.